The molecule has 1 N–H and O–H groups in total. The van der Waals surface area contributed by atoms with Crippen LogP contribution in [-0.2, 0) is 9.53 Å². The molecule has 1 rings (SSSR count). The second kappa shape index (κ2) is 7.07. The third-order valence-corrected chi connectivity index (χ3v) is 2.88. The molecule has 0 radical (unpaired) electrons. The summed E-state index contributed by atoms with van der Waals surface area (Å²) in [6, 6.07) is 0.178. The van der Waals surface area contributed by atoms with Crippen LogP contribution in [-0.4, -0.2) is 24.7 Å². The van der Waals surface area contributed by atoms with Crippen LogP contribution in [0.2, 0.25) is 0 Å². The molecule has 0 bridgehead atoms. The van der Waals surface area contributed by atoms with E-state index in [9.17, 15) is 4.79 Å². The first kappa shape index (κ1) is 13.7. The number of carbonyl (C=O) groups excluding carboxylic acids is 1. The molecule has 1 heterocycles. The fourth-order valence-corrected chi connectivity index (χ4v) is 2.11. The van der Waals surface area contributed by atoms with E-state index in [-0.39, 0.29) is 18.1 Å². The molecule has 0 aromatic carbocycles. The van der Waals surface area contributed by atoms with E-state index in [4.69, 9.17) is 4.74 Å². The number of nitrogens with one attached hydrogen (secondary N) is 1. The zero-order valence-corrected chi connectivity index (χ0v) is 10.4. The van der Waals surface area contributed by atoms with Crippen LogP contribution in [0.15, 0.2) is 37.0 Å². The zero-order chi connectivity index (χ0) is 12.7. The fraction of sp³-hybridized carbons (Fsp3) is 0.500. The first-order chi connectivity index (χ1) is 8.19. The highest BCUT2D eigenvalue weighted by Crippen LogP contribution is 2.20. The summed E-state index contributed by atoms with van der Waals surface area (Å²) in [6.45, 7) is 9.85. The van der Waals surface area contributed by atoms with Gasteiger partial charge in [0, 0.05) is 13.0 Å². The highest BCUT2D eigenvalue weighted by atomic mass is 16.5. The van der Waals surface area contributed by atoms with Crippen LogP contribution in [0.4, 0.5) is 0 Å². The normalized spacial score (nSPS) is 22.6. The van der Waals surface area contributed by atoms with Crippen LogP contribution in [0.1, 0.15) is 26.2 Å². The van der Waals surface area contributed by atoms with Gasteiger partial charge in [0.25, 0.3) is 0 Å². The molecule has 2 atom stereocenters. The van der Waals surface area contributed by atoms with Crippen molar-refractivity contribution in [2.75, 3.05) is 6.54 Å². The molecule has 1 saturated heterocycles. The molecular weight excluding hydrogens is 214 g/mol. The van der Waals surface area contributed by atoms with Gasteiger partial charge in [-0.15, -0.1) is 0 Å². The Morgan fingerprint density at radius 1 is 1.47 bits per heavy atom. The summed E-state index contributed by atoms with van der Waals surface area (Å²) >= 11 is 0. The molecule has 17 heavy (non-hydrogen) atoms. The molecule has 1 aliphatic rings. The van der Waals surface area contributed by atoms with Gasteiger partial charge in [-0.05, 0) is 25.0 Å². The lowest BCUT2D eigenvalue weighted by atomic mass is 9.94. The van der Waals surface area contributed by atoms with E-state index in [0.717, 1.165) is 25.0 Å². The molecule has 94 valence electrons. The second-order valence-corrected chi connectivity index (χ2v) is 4.19. The SMILES string of the molecule is C=C/C=C(\C=C)C(OC(C)=O)C1CCCCN1. The first-order valence-electron chi connectivity index (χ1n) is 6.04. The van der Waals surface area contributed by atoms with Crippen LogP contribution in [0, 0.1) is 0 Å². The van der Waals surface area contributed by atoms with Gasteiger partial charge in [0.2, 0.25) is 0 Å². The first-order valence-corrected chi connectivity index (χ1v) is 6.04. The molecule has 2 unspecified atom stereocenters. The van der Waals surface area contributed by atoms with Gasteiger partial charge in [-0.3, -0.25) is 4.79 Å². The maximum Gasteiger partial charge on any atom is 0.303 e. The minimum absolute atomic E-state index is 0.178. The van der Waals surface area contributed by atoms with Crippen molar-refractivity contribution in [1.82, 2.24) is 5.32 Å². The molecule has 0 aromatic rings. The monoisotopic (exact) mass is 235 g/mol. The summed E-state index contributed by atoms with van der Waals surface area (Å²) in [7, 11) is 0. The number of hydrogen-bond acceptors (Lipinski definition) is 3. The molecular formula is C14H21NO2. The Balaban J connectivity index is 2.83. The van der Waals surface area contributed by atoms with Crippen molar-refractivity contribution in [3.8, 4) is 0 Å². The van der Waals surface area contributed by atoms with Gasteiger partial charge >= 0.3 is 5.97 Å². The Kier molecular flexibility index (Phi) is 5.70. The summed E-state index contributed by atoms with van der Waals surface area (Å²) in [4.78, 5) is 11.2. The van der Waals surface area contributed by atoms with Gasteiger partial charge in [0.05, 0.1) is 0 Å². The fourth-order valence-electron chi connectivity index (χ4n) is 2.11. The lowest BCUT2D eigenvalue weighted by Crippen LogP contribution is -2.45. The number of esters is 1. The van der Waals surface area contributed by atoms with Crippen molar-refractivity contribution in [2.24, 2.45) is 0 Å². The Hall–Kier alpha value is -1.35. The van der Waals surface area contributed by atoms with Crippen molar-refractivity contribution in [3.05, 3.63) is 37.0 Å². The molecule has 1 aliphatic heterocycles. The lowest BCUT2D eigenvalue weighted by Gasteiger charge is -2.31. The summed E-state index contributed by atoms with van der Waals surface area (Å²) in [5.74, 6) is -0.265. The Labute approximate surface area is 103 Å². The van der Waals surface area contributed by atoms with Gasteiger partial charge in [0.1, 0.15) is 6.10 Å². The predicted molar refractivity (Wildman–Crippen MR) is 69.7 cm³/mol. The average Bonchev–Trinajstić information content (AvgIpc) is 2.34. The van der Waals surface area contributed by atoms with E-state index < -0.39 is 0 Å². The number of piperidine rings is 1. The quantitative estimate of drug-likeness (QED) is 0.587. The van der Waals surface area contributed by atoms with E-state index >= 15 is 0 Å². The molecule has 0 amide bonds. The summed E-state index contributed by atoms with van der Waals surface area (Å²) in [5, 5.41) is 3.40. The molecule has 0 spiro atoms. The lowest BCUT2D eigenvalue weighted by molar-refractivity contribution is -0.146. The van der Waals surface area contributed by atoms with Crippen LogP contribution in [0.3, 0.4) is 0 Å². The highest BCUT2D eigenvalue weighted by Gasteiger charge is 2.27. The van der Waals surface area contributed by atoms with Gasteiger partial charge in [0.15, 0.2) is 0 Å². The van der Waals surface area contributed by atoms with E-state index in [2.05, 4.69) is 18.5 Å². The summed E-state index contributed by atoms with van der Waals surface area (Å²) < 4.78 is 5.41. The van der Waals surface area contributed by atoms with Crippen LogP contribution in [0.5, 0.6) is 0 Å². The molecule has 0 saturated carbocycles. The topological polar surface area (TPSA) is 38.3 Å². The van der Waals surface area contributed by atoms with E-state index in [1.807, 2.05) is 6.08 Å². The minimum Gasteiger partial charge on any atom is -0.456 e. The Bertz CT molecular complexity index is 314. The smallest absolute Gasteiger partial charge is 0.303 e. The van der Waals surface area contributed by atoms with Gasteiger partial charge in [-0.2, -0.15) is 0 Å². The standard InChI is InChI=1S/C14H21NO2/c1-4-8-12(5-2)14(17-11(3)16)13-9-6-7-10-15-13/h4-5,8,13-15H,1-2,6-7,9-10H2,3H3/b12-8+. The van der Waals surface area contributed by atoms with E-state index in [1.165, 1.54) is 13.3 Å². The van der Waals surface area contributed by atoms with Crippen LogP contribution in [0.25, 0.3) is 0 Å². The third kappa shape index (κ3) is 4.19. The predicted octanol–water partition coefficient (Wildman–Crippen LogP) is 2.36. The molecule has 3 nitrogen and oxygen atoms in total. The molecule has 3 heteroatoms. The number of allylic oxidation sites excluding steroid dienone is 2. The second-order valence-electron chi connectivity index (χ2n) is 4.19. The maximum absolute atomic E-state index is 11.2. The van der Waals surface area contributed by atoms with Crippen molar-refractivity contribution in [1.29, 1.82) is 0 Å². The number of carbonyl (C=O) groups is 1. The number of ether oxygens (including phenoxy) is 1. The van der Waals surface area contributed by atoms with E-state index in [1.54, 1.807) is 12.2 Å². The van der Waals surface area contributed by atoms with Crippen molar-refractivity contribution < 1.29 is 9.53 Å². The third-order valence-electron chi connectivity index (χ3n) is 2.88. The van der Waals surface area contributed by atoms with Gasteiger partial charge < -0.3 is 10.1 Å². The number of hydrogen-bond donors (Lipinski definition) is 1. The maximum atomic E-state index is 11.2. The van der Waals surface area contributed by atoms with Crippen LogP contribution >= 0.6 is 0 Å². The molecule has 1 fully saturated rings. The van der Waals surface area contributed by atoms with E-state index in [0.29, 0.717) is 0 Å². The Morgan fingerprint density at radius 2 is 2.24 bits per heavy atom. The van der Waals surface area contributed by atoms with Gasteiger partial charge in [-0.1, -0.05) is 37.8 Å². The molecule has 0 aliphatic carbocycles. The Morgan fingerprint density at radius 3 is 2.71 bits per heavy atom. The largest absolute Gasteiger partial charge is 0.456 e. The van der Waals surface area contributed by atoms with Crippen molar-refractivity contribution in [2.45, 2.75) is 38.3 Å². The average molecular weight is 235 g/mol. The number of rotatable bonds is 5. The summed E-state index contributed by atoms with van der Waals surface area (Å²) in [5.41, 5.74) is 0.898. The molecule has 0 aromatic heterocycles. The minimum atomic E-state index is -0.265. The zero-order valence-electron chi connectivity index (χ0n) is 10.4. The van der Waals surface area contributed by atoms with Gasteiger partial charge in [-0.25, -0.2) is 0 Å². The highest BCUT2D eigenvalue weighted by molar-refractivity contribution is 5.66. The van der Waals surface area contributed by atoms with Crippen molar-refractivity contribution in [3.63, 3.8) is 0 Å². The van der Waals surface area contributed by atoms with Crippen LogP contribution < -0.4 is 5.32 Å². The van der Waals surface area contributed by atoms with Crippen molar-refractivity contribution >= 4 is 5.97 Å². The summed E-state index contributed by atoms with van der Waals surface area (Å²) in [6.07, 6.45) is 8.36.